The molecule has 0 radical (unpaired) electrons. The van der Waals surface area contributed by atoms with E-state index in [0.29, 0.717) is 11.5 Å². The van der Waals surface area contributed by atoms with E-state index in [2.05, 4.69) is 12.2 Å². The summed E-state index contributed by atoms with van der Waals surface area (Å²) >= 11 is 1.36. The van der Waals surface area contributed by atoms with Gasteiger partial charge in [0.2, 0.25) is 11.8 Å². The van der Waals surface area contributed by atoms with Crippen molar-refractivity contribution in [2.75, 3.05) is 29.9 Å². The van der Waals surface area contributed by atoms with Gasteiger partial charge in [-0.1, -0.05) is 31.5 Å². The molecule has 5 heteroatoms. The summed E-state index contributed by atoms with van der Waals surface area (Å²) in [6.07, 6.45) is 2.11. The predicted molar refractivity (Wildman–Crippen MR) is 89.6 cm³/mol. The number of nitrogens with zero attached hydrogens (tertiary/aromatic N) is 1. The van der Waals surface area contributed by atoms with Crippen LogP contribution in [0.2, 0.25) is 0 Å². The molecule has 21 heavy (non-hydrogen) atoms. The number of hydrogen-bond acceptors (Lipinski definition) is 3. The first kappa shape index (κ1) is 17.6. The Bertz CT molecular complexity index is 437. The molecule has 1 aromatic rings. The summed E-state index contributed by atoms with van der Waals surface area (Å²) in [5, 5.41) is 2.81. The van der Waals surface area contributed by atoms with Crippen molar-refractivity contribution in [1.82, 2.24) is 4.90 Å². The monoisotopic (exact) mass is 308 g/mol. The second-order valence-electron chi connectivity index (χ2n) is 4.73. The Morgan fingerprint density at radius 2 is 1.86 bits per heavy atom. The molecular formula is C16H24N2O2S. The average molecular weight is 308 g/mol. The summed E-state index contributed by atoms with van der Waals surface area (Å²) in [7, 11) is 0. The summed E-state index contributed by atoms with van der Waals surface area (Å²) in [5.74, 6) is 0.699. The number of rotatable bonds is 9. The van der Waals surface area contributed by atoms with E-state index in [1.54, 1.807) is 0 Å². The zero-order valence-electron chi connectivity index (χ0n) is 12.8. The van der Waals surface area contributed by atoms with Crippen LogP contribution in [0, 0.1) is 0 Å². The first-order chi connectivity index (χ1) is 10.2. The van der Waals surface area contributed by atoms with Gasteiger partial charge in [0.15, 0.2) is 0 Å². The fourth-order valence-electron chi connectivity index (χ4n) is 1.85. The second-order valence-corrected chi connectivity index (χ2v) is 5.72. The SMILES string of the molecule is CCCCN(CC)C(=O)CSCC(=O)Nc1ccccc1. The Labute approximate surface area is 131 Å². The number of para-hydroxylation sites is 1. The van der Waals surface area contributed by atoms with E-state index in [1.807, 2.05) is 42.2 Å². The quantitative estimate of drug-likeness (QED) is 0.763. The maximum atomic E-state index is 12.0. The van der Waals surface area contributed by atoms with Crippen LogP contribution in [0.4, 0.5) is 5.69 Å². The van der Waals surface area contributed by atoms with Crippen LogP contribution >= 0.6 is 11.8 Å². The molecular weight excluding hydrogens is 284 g/mol. The van der Waals surface area contributed by atoms with Crippen molar-refractivity contribution in [1.29, 1.82) is 0 Å². The van der Waals surface area contributed by atoms with E-state index in [0.717, 1.165) is 31.6 Å². The summed E-state index contributed by atoms with van der Waals surface area (Å²) in [4.78, 5) is 25.6. The Kier molecular flexibility index (Phi) is 8.59. The number of anilines is 1. The van der Waals surface area contributed by atoms with Gasteiger partial charge in [-0.25, -0.2) is 0 Å². The van der Waals surface area contributed by atoms with Crippen LogP contribution in [0.15, 0.2) is 30.3 Å². The third-order valence-corrected chi connectivity index (χ3v) is 3.95. The molecule has 1 rings (SSSR count). The van der Waals surface area contributed by atoms with Crippen LogP contribution < -0.4 is 5.32 Å². The number of benzene rings is 1. The van der Waals surface area contributed by atoms with Gasteiger partial charge >= 0.3 is 0 Å². The number of nitrogens with one attached hydrogen (secondary N) is 1. The maximum Gasteiger partial charge on any atom is 0.234 e. The van der Waals surface area contributed by atoms with E-state index in [9.17, 15) is 9.59 Å². The van der Waals surface area contributed by atoms with Gasteiger partial charge in [-0.3, -0.25) is 9.59 Å². The molecule has 0 saturated heterocycles. The van der Waals surface area contributed by atoms with E-state index in [-0.39, 0.29) is 11.8 Å². The largest absolute Gasteiger partial charge is 0.342 e. The first-order valence-electron chi connectivity index (χ1n) is 7.37. The van der Waals surface area contributed by atoms with E-state index in [4.69, 9.17) is 0 Å². The second kappa shape index (κ2) is 10.3. The van der Waals surface area contributed by atoms with E-state index in [1.165, 1.54) is 11.8 Å². The van der Waals surface area contributed by atoms with Crippen molar-refractivity contribution < 1.29 is 9.59 Å². The van der Waals surface area contributed by atoms with Crippen LogP contribution in [0.3, 0.4) is 0 Å². The number of thioether (sulfide) groups is 1. The average Bonchev–Trinajstić information content (AvgIpc) is 2.49. The molecule has 116 valence electrons. The van der Waals surface area contributed by atoms with Crippen molar-refractivity contribution in [3.8, 4) is 0 Å². The number of unbranched alkanes of at least 4 members (excludes halogenated alkanes) is 1. The smallest absolute Gasteiger partial charge is 0.234 e. The standard InChI is InChI=1S/C16H24N2O2S/c1-3-5-11-18(4-2)16(20)13-21-12-15(19)17-14-9-7-6-8-10-14/h6-10H,3-5,11-13H2,1-2H3,(H,17,19). The molecule has 0 aliphatic heterocycles. The predicted octanol–water partition coefficient (Wildman–Crippen LogP) is 3.01. The van der Waals surface area contributed by atoms with Crippen LogP contribution in [0.1, 0.15) is 26.7 Å². The van der Waals surface area contributed by atoms with Gasteiger partial charge < -0.3 is 10.2 Å². The molecule has 1 aromatic carbocycles. The number of hydrogen-bond donors (Lipinski definition) is 1. The molecule has 0 saturated carbocycles. The Morgan fingerprint density at radius 1 is 1.14 bits per heavy atom. The zero-order chi connectivity index (χ0) is 15.5. The van der Waals surface area contributed by atoms with Gasteiger partial charge in [0.1, 0.15) is 0 Å². The lowest BCUT2D eigenvalue weighted by atomic mass is 10.3. The minimum absolute atomic E-state index is 0.0735. The first-order valence-corrected chi connectivity index (χ1v) is 8.53. The number of carbonyl (C=O) groups excluding carboxylic acids is 2. The van der Waals surface area contributed by atoms with Gasteiger partial charge in [0, 0.05) is 18.8 Å². The summed E-state index contributed by atoms with van der Waals surface area (Å²) in [5.41, 5.74) is 0.785. The Balaban J connectivity index is 2.25. The molecule has 0 bridgehead atoms. The van der Waals surface area contributed by atoms with Gasteiger partial charge in [-0.15, -0.1) is 11.8 Å². The lowest BCUT2D eigenvalue weighted by molar-refractivity contribution is -0.128. The highest BCUT2D eigenvalue weighted by atomic mass is 32.2. The van der Waals surface area contributed by atoms with Crippen molar-refractivity contribution in [2.24, 2.45) is 0 Å². The zero-order valence-corrected chi connectivity index (χ0v) is 13.6. The normalized spacial score (nSPS) is 10.2. The molecule has 0 atom stereocenters. The van der Waals surface area contributed by atoms with Crippen LogP contribution in [0.25, 0.3) is 0 Å². The molecule has 0 spiro atoms. The van der Waals surface area contributed by atoms with Gasteiger partial charge in [0.05, 0.1) is 11.5 Å². The molecule has 0 unspecified atom stereocenters. The fraction of sp³-hybridized carbons (Fsp3) is 0.500. The summed E-state index contributed by atoms with van der Waals surface area (Å²) in [6.45, 7) is 5.64. The maximum absolute atomic E-state index is 12.0. The van der Waals surface area contributed by atoms with Crippen molar-refractivity contribution in [3.05, 3.63) is 30.3 Å². The van der Waals surface area contributed by atoms with Gasteiger partial charge in [0.25, 0.3) is 0 Å². The van der Waals surface area contributed by atoms with Crippen molar-refractivity contribution >= 4 is 29.3 Å². The molecule has 0 aliphatic rings. The Morgan fingerprint density at radius 3 is 2.48 bits per heavy atom. The molecule has 4 nitrogen and oxygen atoms in total. The van der Waals surface area contributed by atoms with Crippen LogP contribution in [-0.2, 0) is 9.59 Å². The topological polar surface area (TPSA) is 49.4 Å². The third kappa shape index (κ3) is 7.18. The highest BCUT2D eigenvalue weighted by Crippen LogP contribution is 2.08. The summed E-state index contributed by atoms with van der Waals surface area (Å²) in [6, 6.07) is 9.34. The third-order valence-electron chi connectivity index (χ3n) is 3.03. The van der Waals surface area contributed by atoms with E-state index >= 15 is 0 Å². The molecule has 2 amide bonds. The fourth-order valence-corrected chi connectivity index (χ4v) is 2.57. The molecule has 1 N–H and O–H groups in total. The van der Waals surface area contributed by atoms with Crippen LogP contribution in [-0.4, -0.2) is 41.3 Å². The highest BCUT2D eigenvalue weighted by molar-refractivity contribution is 8.00. The van der Waals surface area contributed by atoms with Gasteiger partial charge in [-0.2, -0.15) is 0 Å². The Hall–Kier alpha value is -1.49. The molecule has 0 heterocycles. The van der Waals surface area contributed by atoms with Crippen LogP contribution in [0.5, 0.6) is 0 Å². The molecule has 0 aromatic heterocycles. The molecule has 0 fully saturated rings. The number of amides is 2. The minimum atomic E-state index is -0.0735. The van der Waals surface area contributed by atoms with Gasteiger partial charge in [-0.05, 0) is 25.5 Å². The lowest BCUT2D eigenvalue weighted by Crippen LogP contribution is -2.33. The van der Waals surface area contributed by atoms with Crippen molar-refractivity contribution in [2.45, 2.75) is 26.7 Å². The highest BCUT2D eigenvalue weighted by Gasteiger charge is 2.12. The minimum Gasteiger partial charge on any atom is -0.342 e. The summed E-state index contributed by atoms with van der Waals surface area (Å²) < 4.78 is 0. The van der Waals surface area contributed by atoms with E-state index < -0.39 is 0 Å². The lowest BCUT2D eigenvalue weighted by Gasteiger charge is -2.20. The number of carbonyl (C=O) groups is 2. The molecule has 0 aliphatic carbocycles. The van der Waals surface area contributed by atoms with Crippen molar-refractivity contribution in [3.63, 3.8) is 0 Å².